The lowest BCUT2D eigenvalue weighted by atomic mass is 9.86. The lowest BCUT2D eigenvalue weighted by Crippen LogP contribution is -2.15. The number of rotatable bonds is 1. The zero-order chi connectivity index (χ0) is 14.3. The normalized spacial score (nSPS) is 11.9. The number of H-pyrrole nitrogens is 1. The molecule has 102 valence electrons. The van der Waals surface area contributed by atoms with E-state index in [0.717, 1.165) is 16.9 Å². The molecule has 3 nitrogen and oxygen atoms in total. The van der Waals surface area contributed by atoms with E-state index in [9.17, 15) is 0 Å². The number of imidazole rings is 1. The number of pyridine rings is 1. The fourth-order valence-corrected chi connectivity index (χ4v) is 2.76. The first kappa shape index (κ1) is 13.1. The maximum Gasteiger partial charge on any atom is 0.184 e. The van der Waals surface area contributed by atoms with E-state index in [1.165, 1.54) is 5.56 Å². The molecule has 0 amide bonds. The van der Waals surface area contributed by atoms with Crippen LogP contribution in [0.4, 0.5) is 0 Å². The van der Waals surface area contributed by atoms with Crippen molar-refractivity contribution >= 4 is 23.4 Å². The van der Waals surface area contributed by atoms with Crippen LogP contribution in [-0.2, 0) is 5.41 Å². The molecule has 3 aromatic rings. The predicted molar refractivity (Wildman–Crippen MR) is 85.0 cm³/mol. The summed E-state index contributed by atoms with van der Waals surface area (Å²) in [5.74, 6) is 0. The molecule has 0 radical (unpaired) electrons. The van der Waals surface area contributed by atoms with E-state index in [2.05, 4.69) is 48.9 Å². The largest absolute Gasteiger partial charge is 0.329 e. The van der Waals surface area contributed by atoms with Crippen LogP contribution >= 0.6 is 12.2 Å². The molecule has 0 aliphatic heterocycles. The van der Waals surface area contributed by atoms with Gasteiger partial charge in [0.15, 0.2) is 10.4 Å². The van der Waals surface area contributed by atoms with E-state index in [1.54, 1.807) is 6.20 Å². The van der Waals surface area contributed by atoms with Gasteiger partial charge in [-0.05, 0) is 41.4 Å². The van der Waals surface area contributed by atoms with Crippen molar-refractivity contribution in [3.63, 3.8) is 0 Å². The standard InChI is InChI=1S/C16H17N3S/c1-16(2,3)11-7-4-5-9-13(11)19-14-12(18-15(19)20)8-6-10-17-14/h4-10H,1-3H3,(H,18,20). The molecule has 0 unspecified atom stereocenters. The number of hydrogen-bond donors (Lipinski definition) is 1. The number of aromatic nitrogens is 3. The molecule has 4 heteroatoms. The third kappa shape index (κ3) is 2.06. The Balaban J connectivity index is 2.38. The molecule has 20 heavy (non-hydrogen) atoms. The van der Waals surface area contributed by atoms with Crippen molar-refractivity contribution in [3.05, 3.63) is 52.9 Å². The second-order valence-electron chi connectivity index (χ2n) is 5.91. The summed E-state index contributed by atoms with van der Waals surface area (Å²) in [6.07, 6.45) is 1.79. The van der Waals surface area contributed by atoms with Gasteiger partial charge in [0.05, 0.1) is 11.2 Å². The summed E-state index contributed by atoms with van der Waals surface area (Å²) in [4.78, 5) is 7.69. The van der Waals surface area contributed by atoms with Gasteiger partial charge in [0.2, 0.25) is 0 Å². The summed E-state index contributed by atoms with van der Waals surface area (Å²) >= 11 is 5.48. The molecule has 3 rings (SSSR count). The van der Waals surface area contributed by atoms with Crippen LogP contribution in [-0.4, -0.2) is 14.5 Å². The van der Waals surface area contributed by atoms with E-state index in [-0.39, 0.29) is 5.41 Å². The molecule has 0 aliphatic carbocycles. The van der Waals surface area contributed by atoms with Crippen molar-refractivity contribution in [2.45, 2.75) is 26.2 Å². The highest BCUT2D eigenvalue weighted by atomic mass is 32.1. The lowest BCUT2D eigenvalue weighted by molar-refractivity contribution is 0.586. The minimum absolute atomic E-state index is 0.0454. The summed E-state index contributed by atoms with van der Waals surface area (Å²) in [5, 5.41) is 0. The van der Waals surface area contributed by atoms with Crippen LogP contribution in [0.2, 0.25) is 0 Å². The SMILES string of the molecule is CC(C)(C)c1ccccc1-n1c(=S)[nH]c2cccnc21. The number of fused-ring (bicyclic) bond motifs is 1. The maximum atomic E-state index is 5.48. The number of aromatic amines is 1. The zero-order valence-corrected chi connectivity index (χ0v) is 12.7. The molecule has 0 spiro atoms. The van der Waals surface area contributed by atoms with Crippen molar-refractivity contribution in [3.8, 4) is 5.69 Å². The topological polar surface area (TPSA) is 33.6 Å². The zero-order valence-electron chi connectivity index (χ0n) is 11.8. The van der Waals surface area contributed by atoms with Gasteiger partial charge in [-0.3, -0.25) is 4.57 Å². The van der Waals surface area contributed by atoms with E-state index < -0.39 is 0 Å². The van der Waals surface area contributed by atoms with E-state index in [0.29, 0.717) is 4.77 Å². The Morgan fingerprint density at radius 3 is 2.60 bits per heavy atom. The first-order valence-electron chi connectivity index (χ1n) is 6.64. The van der Waals surface area contributed by atoms with Crippen molar-refractivity contribution < 1.29 is 0 Å². The van der Waals surface area contributed by atoms with Gasteiger partial charge in [-0.2, -0.15) is 0 Å². The molecule has 2 aromatic heterocycles. The highest BCUT2D eigenvalue weighted by Crippen LogP contribution is 2.30. The Labute approximate surface area is 123 Å². The van der Waals surface area contributed by atoms with Gasteiger partial charge in [0.1, 0.15) is 0 Å². The van der Waals surface area contributed by atoms with Gasteiger partial charge >= 0.3 is 0 Å². The quantitative estimate of drug-likeness (QED) is 0.672. The molecule has 0 fully saturated rings. The van der Waals surface area contributed by atoms with Crippen LogP contribution in [0, 0.1) is 4.77 Å². The second-order valence-corrected chi connectivity index (χ2v) is 6.29. The third-order valence-electron chi connectivity index (χ3n) is 3.40. The number of para-hydroxylation sites is 1. The third-order valence-corrected chi connectivity index (χ3v) is 3.68. The van der Waals surface area contributed by atoms with Crippen LogP contribution in [0.15, 0.2) is 42.6 Å². The molecule has 0 aliphatic rings. The summed E-state index contributed by atoms with van der Waals surface area (Å²) < 4.78 is 2.70. The number of nitrogens with one attached hydrogen (secondary N) is 1. The Kier molecular flexibility index (Phi) is 2.98. The number of hydrogen-bond acceptors (Lipinski definition) is 2. The second kappa shape index (κ2) is 4.56. The first-order chi connectivity index (χ1) is 9.48. The van der Waals surface area contributed by atoms with E-state index >= 15 is 0 Å². The summed E-state index contributed by atoms with van der Waals surface area (Å²) in [7, 11) is 0. The number of nitrogens with zero attached hydrogens (tertiary/aromatic N) is 2. The van der Waals surface area contributed by atoms with Gasteiger partial charge in [0, 0.05) is 6.20 Å². The minimum Gasteiger partial charge on any atom is -0.329 e. The average molecular weight is 283 g/mol. The molecule has 0 saturated heterocycles. The monoisotopic (exact) mass is 283 g/mol. The van der Waals surface area contributed by atoms with E-state index in [4.69, 9.17) is 12.2 Å². The first-order valence-corrected chi connectivity index (χ1v) is 7.05. The predicted octanol–water partition coefficient (Wildman–Crippen LogP) is 4.38. The fraction of sp³-hybridized carbons (Fsp3) is 0.250. The smallest absolute Gasteiger partial charge is 0.184 e. The number of benzene rings is 1. The van der Waals surface area contributed by atoms with Gasteiger partial charge in [-0.25, -0.2) is 4.98 Å². The van der Waals surface area contributed by atoms with Crippen molar-refractivity contribution in [1.29, 1.82) is 0 Å². The van der Waals surface area contributed by atoms with Crippen LogP contribution in [0.25, 0.3) is 16.9 Å². The summed E-state index contributed by atoms with van der Waals surface area (Å²) in [5.41, 5.74) is 4.22. The maximum absolute atomic E-state index is 5.48. The van der Waals surface area contributed by atoms with E-state index in [1.807, 2.05) is 22.8 Å². The summed E-state index contributed by atoms with van der Waals surface area (Å²) in [6, 6.07) is 12.3. The van der Waals surface area contributed by atoms with Crippen LogP contribution in [0.3, 0.4) is 0 Å². The Bertz CT molecular complexity index is 821. The Morgan fingerprint density at radius 1 is 1.10 bits per heavy atom. The molecular formula is C16H17N3S. The van der Waals surface area contributed by atoms with Gasteiger partial charge in [-0.15, -0.1) is 0 Å². The van der Waals surface area contributed by atoms with Gasteiger partial charge in [-0.1, -0.05) is 39.0 Å². The van der Waals surface area contributed by atoms with Gasteiger partial charge in [0.25, 0.3) is 0 Å². The highest BCUT2D eigenvalue weighted by Gasteiger charge is 2.20. The van der Waals surface area contributed by atoms with Crippen molar-refractivity contribution in [2.24, 2.45) is 0 Å². The Morgan fingerprint density at radius 2 is 1.85 bits per heavy atom. The minimum atomic E-state index is 0.0454. The Hall–Kier alpha value is -1.94. The summed E-state index contributed by atoms with van der Waals surface area (Å²) in [6.45, 7) is 6.62. The average Bonchev–Trinajstić information content (AvgIpc) is 2.73. The molecule has 1 aromatic carbocycles. The molecule has 1 N–H and O–H groups in total. The molecule has 2 heterocycles. The molecule has 0 atom stereocenters. The van der Waals surface area contributed by atoms with Crippen LogP contribution < -0.4 is 0 Å². The molecule has 0 bridgehead atoms. The van der Waals surface area contributed by atoms with Crippen LogP contribution in [0.1, 0.15) is 26.3 Å². The highest BCUT2D eigenvalue weighted by molar-refractivity contribution is 7.71. The van der Waals surface area contributed by atoms with Crippen LogP contribution in [0.5, 0.6) is 0 Å². The molecule has 0 saturated carbocycles. The van der Waals surface area contributed by atoms with Crippen molar-refractivity contribution in [2.75, 3.05) is 0 Å². The van der Waals surface area contributed by atoms with Gasteiger partial charge < -0.3 is 4.98 Å². The van der Waals surface area contributed by atoms with Crippen molar-refractivity contribution in [1.82, 2.24) is 14.5 Å². The lowest BCUT2D eigenvalue weighted by Gasteiger charge is -2.23. The molecular weight excluding hydrogens is 266 g/mol. The fourth-order valence-electron chi connectivity index (χ4n) is 2.47.